The Morgan fingerprint density at radius 3 is 3.00 bits per heavy atom. The molecule has 0 spiro atoms. The van der Waals surface area contributed by atoms with Crippen LogP contribution in [0.25, 0.3) is 0 Å². The summed E-state index contributed by atoms with van der Waals surface area (Å²) in [6, 6.07) is 5.59. The summed E-state index contributed by atoms with van der Waals surface area (Å²) in [5.74, 6) is 0.341. The fraction of sp³-hybridized carbons (Fsp3) is 0.500. The van der Waals surface area contributed by atoms with Crippen molar-refractivity contribution < 1.29 is 19.4 Å². The van der Waals surface area contributed by atoms with Crippen LogP contribution in [0, 0.1) is 0 Å². The standard InChI is InChI=1S/C14H18O4/c1-3-17-13(16)14(2)7-6-11-5-4-10(9-15)8-12(11)18-14/h4-5,8,15H,3,6-7,9H2,1-2H3. The van der Waals surface area contributed by atoms with Crippen LogP contribution in [0.1, 0.15) is 31.4 Å². The Balaban J connectivity index is 2.24. The summed E-state index contributed by atoms with van der Waals surface area (Å²) in [4.78, 5) is 11.9. The van der Waals surface area contributed by atoms with Gasteiger partial charge in [-0.25, -0.2) is 4.79 Å². The molecule has 18 heavy (non-hydrogen) atoms. The first-order valence-electron chi connectivity index (χ1n) is 6.18. The van der Waals surface area contributed by atoms with Crippen molar-refractivity contribution in [2.24, 2.45) is 0 Å². The van der Waals surface area contributed by atoms with Crippen molar-refractivity contribution >= 4 is 5.97 Å². The number of aryl methyl sites for hydroxylation is 1. The molecule has 0 saturated carbocycles. The second-order valence-corrected chi connectivity index (χ2v) is 4.65. The molecule has 1 N–H and O–H groups in total. The lowest BCUT2D eigenvalue weighted by molar-refractivity contribution is -0.161. The highest BCUT2D eigenvalue weighted by atomic mass is 16.6. The van der Waals surface area contributed by atoms with Gasteiger partial charge in [0, 0.05) is 6.42 Å². The van der Waals surface area contributed by atoms with Crippen LogP contribution >= 0.6 is 0 Å². The van der Waals surface area contributed by atoms with Gasteiger partial charge in [0.25, 0.3) is 0 Å². The molecular weight excluding hydrogens is 232 g/mol. The Morgan fingerprint density at radius 1 is 1.56 bits per heavy atom. The van der Waals surface area contributed by atoms with E-state index in [0.717, 1.165) is 17.5 Å². The number of hydrogen-bond donors (Lipinski definition) is 1. The highest BCUT2D eigenvalue weighted by Crippen LogP contribution is 2.34. The van der Waals surface area contributed by atoms with Gasteiger partial charge < -0.3 is 14.6 Å². The molecule has 0 amide bonds. The van der Waals surface area contributed by atoms with E-state index in [1.165, 1.54) is 0 Å². The second kappa shape index (κ2) is 4.98. The minimum absolute atomic E-state index is 0.0350. The molecule has 1 aromatic carbocycles. The van der Waals surface area contributed by atoms with Crippen molar-refractivity contribution in [1.29, 1.82) is 0 Å². The lowest BCUT2D eigenvalue weighted by atomic mass is 9.92. The summed E-state index contributed by atoms with van der Waals surface area (Å²) in [5.41, 5.74) is 0.924. The minimum Gasteiger partial charge on any atom is -0.476 e. The lowest BCUT2D eigenvalue weighted by Crippen LogP contribution is -2.45. The minimum atomic E-state index is -0.920. The normalized spacial score (nSPS) is 21.9. The first-order valence-corrected chi connectivity index (χ1v) is 6.18. The van der Waals surface area contributed by atoms with Crippen molar-refractivity contribution in [2.45, 2.75) is 38.9 Å². The van der Waals surface area contributed by atoms with Crippen LogP contribution in [0.2, 0.25) is 0 Å². The first-order chi connectivity index (χ1) is 8.59. The second-order valence-electron chi connectivity index (χ2n) is 4.65. The highest BCUT2D eigenvalue weighted by Gasteiger charge is 2.40. The van der Waals surface area contributed by atoms with E-state index in [4.69, 9.17) is 14.6 Å². The van der Waals surface area contributed by atoms with E-state index in [2.05, 4.69) is 0 Å². The van der Waals surface area contributed by atoms with Crippen LogP contribution in [-0.4, -0.2) is 23.3 Å². The molecule has 0 aliphatic carbocycles. The summed E-state index contributed by atoms with van der Waals surface area (Å²) in [6.45, 7) is 3.84. The molecule has 2 rings (SSSR count). The van der Waals surface area contributed by atoms with Gasteiger partial charge in [0.05, 0.1) is 13.2 Å². The Kier molecular flexibility index (Phi) is 3.57. The Morgan fingerprint density at radius 2 is 2.33 bits per heavy atom. The average molecular weight is 250 g/mol. The number of fused-ring (bicyclic) bond motifs is 1. The smallest absolute Gasteiger partial charge is 0.350 e. The van der Waals surface area contributed by atoms with Crippen molar-refractivity contribution in [3.63, 3.8) is 0 Å². The van der Waals surface area contributed by atoms with E-state index in [-0.39, 0.29) is 12.6 Å². The predicted molar refractivity (Wildman–Crippen MR) is 66.4 cm³/mol. The number of carbonyl (C=O) groups is 1. The summed E-state index contributed by atoms with van der Waals surface area (Å²) in [7, 11) is 0. The quantitative estimate of drug-likeness (QED) is 0.831. The van der Waals surface area contributed by atoms with Gasteiger partial charge in [-0.05, 0) is 37.5 Å². The highest BCUT2D eigenvalue weighted by molar-refractivity contribution is 5.80. The molecule has 1 atom stereocenters. The van der Waals surface area contributed by atoms with E-state index >= 15 is 0 Å². The summed E-state index contributed by atoms with van der Waals surface area (Å²) >= 11 is 0. The van der Waals surface area contributed by atoms with E-state index in [1.807, 2.05) is 12.1 Å². The van der Waals surface area contributed by atoms with Crippen molar-refractivity contribution in [2.75, 3.05) is 6.61 Å². The largest absolute Gasteiger partial charge is 0.476 e. The molecule has 4 heteroatoms. The fourth-order valence-electron chi connectivity index (χ4n) is 2.09. The molecule has 4 nitrogen and oxygen atoms in total. The maximum atomic E-state index is 11.9. The van der Waals surface area contributed by atoms with Crippen LogP contribution < -0.4 is 4.74 Å². The van der Waals surface area contributed by atoms with Gasteiger partial charge in [-0.15, -0.1) is 0 Å². The monoisotopic (exact) mass is 250 g/mol. The molecule has 1 heterocycles. The average Bonchev–Trinajstić information content (AvgIpc) is 2.38. The van der Waals surface area contributed by atoms with Crippen LogP contribution in [0.15, 0.2) is 18.2 Å². The Labute approximate surface area is 107 Å². The van der Waals surface area contributed by atoms with Gasteiger partial charge >= 0.3 is 5.97 Å². The topological polar surface area (TPSA) is 55.8 Å². The van der Waals surface area contributed by atoms with Crippen LogP contribution in [0.5, 0.6) is 5.75 Å². The van der Waals surface area contributed by atoms with Gasteiger partial charge in [0.15, 0.2) is 0 Å². The maximum Gasteiger partial charge on any atom is 0.350 e. The zero-order valence-electron chi connectivity index (χ0n) is 10.7. The molecule has 0 radical (unpaired) electrons. The van der Waals surface area contributed by atoms with Crippen molar-refractivity contribution in [3.05, 3.63) is 29.3 Å². The molecule has 1 unspecified atom stereocenters. The molecule has 98 valence electrons. The van der Waals surface area contributed by atoms with Crippen LogP contribution in [0.4, 0.5) is 0 Å². The molecule has 1 aliphatic rings. The number of benzene rings is 1. The molecule has 0 aromatic heterocycles. The SMILES string of the molecule is CCOC(=O)C1(C)CCc2ccc(CO)cc2O1. The molecule has 0 fully saturated rings. The number of esters is 1. The maximum absolute atomic E-state index is 11.9. The Bertz CT molecular complexity index is 455. The third-order valence-electron chi connectivity index (χ3n) is 3.23. The van der Waals surface area contributed by atoms with Crippen LogP contribution in [-0.2, 0) is 22.6 Å². The summed E-state index contributed by atoms with van der Waals surface area (Å²) < 4.78 is 10.8. The zero-order chi connectivity index (χ0) is 13.2. The van der Waals surface area contributed by atoms with Gasteiger partial charge in [-0.2, -0.15) is 0 Å². The fourth-order valence-corrected chi connectivity index (χ4v) is 2.09. The molecule has 0 saturated heterocycles. The lowest BCUT2D eigenvalue weighted by Gasteiger charge is -2.33. The molecule has 0 bridgehead atoms. The zero-order valence-corrected chi connectivity index (χ0v) is 10.7. The molecular formula is C14H18O4. The molecule has 1 aliphatic heterocycles. The van der Waals surface area contributed by atoms with E-state index in [9.17, 15) is 4.79 Å². The van der Waals surface area contributed by atoms with Gasteiger partial charge in [-0.1, -0.05) is 12.1 Å². The first kappa shape index (κ1) is 12.9. The number of aliphatic hydroxyl groups excluding tert-OH is 1. The third-order valence-corrected chi connectivity index (χ3v) is 3.23. The van der Waals surface area contributed by atoms with Gasteiger partial charge in [0.1, 0.15) is 5.75 Å². The number of rotatable bonds is 3. The van der Waals surface area contributed by atoms with Gasteiger partial charge in [-0.3, -0.25) is 0 Å². The number of hydrogen-bond acceptors (Lipinski definition) is 4. The van der Waals surface area contributed by atoms with Crippen molar-refractivity contribution in [1.82, 2.24) is 0 Å². The van der Waals surface area contributed by atoms with Crippen LogP contribution in [0.3, 0.4) is 0 Å². The van der Waals surface area contributed by atoms with E-state index in [1.54, 1.807) is 19.9 Å². The van der Waals surface area contributed by atoms with E-state index in [0.29, 0.717) is 18.8 Å². The summed E-state index contributed by atoms with van der Waals surface area (Å²) in [6.07, 6.45) is 1.38. The third kappa shape index (κ3) is 2.34. The van der Waals surface area contributed by atoms with E-state index < -0.39 is 5.60 Å². The Hall–Kier alpha value is -1.55. The predicted octanol–water partition coefficient (Wildman–Crippen LogP) is 1.83. The van der Waals surface area contributed by atoms with Crippen molar-refractivity contribution in [3.8, 4) is 5.75 Å². The number of ether oxygens (including phenoxy) is 2. The summed E-state index contributed by atoms with van der Waals surface area (Å²) in [5, 5.41) is 9.12. The van der Waals surface area contributed by atoms with Gasteiger partial charge in [0.2, 0.25) is 5.60 Å². The number of carbonyl (C=O) groups excluding carboxylic acids is 1. The molecule has 1 aromatic rings. The number of aliphatic hydroxyl groups is 1.